The topological polar surface area (TPSA) is 68.9 Å². The second kappa shape index (κ2) is 7.71. The van der Waals surface area contributed by atoms with E-state index in [9.17, 15) is 14.0 Å². The first-order chi connectivity index (χ1) is 14.0. The van der Waals surface area contributed by atoms with E-state index in [4.69, 9.17) is 0 Å². The molecule has 1 heterocycles. The van der Waals surface area contributed by atoms with Gasteiger partial charge in [-0.05, 0) is 41.1 Å². The van der Waals surface area contributed by atoms with E-state index in [1.54, 1.807) is 25.2 Å². The number of nitrogens with zero attached hydrogens (tertiary/aromatic N) is 3. The van der Waals surface area contributed by atoms with Gasteiger partial charge in [-0.15, -0.1) is 5.10 Å². The van der Waals surface area contributed by atoms with Crippen LogP contribution in [0.1, 0.15) is 10.4 Å². The maximum Gasteiger partial charge on any atom is 0.345 e. The van der Waals surface area contributed by atoms with Crippen LogP contribution in [0.2, 0.25) is 0 Å². The lowest BCUT2D eigenvalue weighted by molar-refractivity contribution is 0.0953. The predicted molar refractivity (Wildman–Crippen MR) is 109 cm³/mol. The summed E-state index contributed by atoms with van der Waals surface area (Å²) in [5.74, 6) is -0.116. The van der Waals surface area contributed by atoms with Crippen LogP contribution in [0.15, 0.2) is 71.5 Å². The van der Waals surface area contributed by atoms with E-state index in [1.807, 2.05) is 36.4 Å². The van der Waals surface area contributed by atoms with E-state index in [-0.39, 0.29) is 30.5 Å². The highest BCUT2D eigenvalue weighted by Gasteiger charge is 2.13. The molecule has 0 aliphatic rings. The largest absolute Gasteiger partial charge is 0.350 e. The summed E-state index contributed by atoms with van der Waals surface area (Å²) in [7, 11) is 1.61. The van der Waals surface area contributed by atoms with Crippen molar-refractivity contribution in [2.45, 2.75) is 6.54 Å². The lowest BCUT2D eigenvalue weighted by atomic mass is 10.0. The standard InChI is InChI=1S/C22H19FN4O2/c1-26-20(16-9-11-17(23)12-10-16)25-27(22(26)29)14-13-24-21(28)19-8-4-6-15-5-2-3-7-18(15)19/h2-12H,13-14H2,1H3,(H,24,28). The van der Waals surface area contributed by atoms with Crippen LogP contribution in [-0.2, 0) is 13.6 Å². The Kier molecular flexibility index (Phi) is 4.95. The molecule has 29 heavy (non-hydrogen) atoms. The van der Waals surface area contributed by atoms with Gasteiger partial charge in [-0.2, -0.15) is 0 Å². The van der Waals surface area contributed by atoms with Crippen LogP contribution in [0, 0.1) is 5.82 Å². The van der Waals surface area contributed by atoms with Gasteiger partial charge >= 0.3 is 5.69 Å². The molecular formula is C22H19FN4O2. The number of benzene rings is 3. The van der Waals surface area contributed by atoms with E-state index in [1.165, 1.54) is 21.4 Å². The SMILES string of the molecule is Cn1c(-c2ccc(F)cc2)nn(CCNC(=O)c2cccc3ccccc23)c1=O. The highest BCUT2D eigenvalue weighted by Crippen LogP contribution is 2.18. The zero-order chi connectivity index (χ0) is 20.4. The van der Waals surface area contributed by atoms with E-state index in [2.05, 4.69) is 10.4 Å². The molecule has 4 rings (SSSR count). The van der Waals surface area contributed by atoms with E-state index in [0.29, 0.717) is 17.0 Å². The number of halogens is 1. The predicted octanol–water partition coefficient (Wildman–Crippen LogP) is 2.97. The van der Waals surface area contributed by atoms with Gasteiger partial charge in [-0.3, -0.25) is 9.36 Å². The van der Waals surface area contributed by atoms with Gasteiger partial charge in [0, 0.05) is 24.7 Å². The van der Waals surface area contributed by atoms with Crippen molar-refractivity contribution < 1.29 is 9.18 Å². The second-order valence-electron chi connectivity index (χ2n) is 6.68. The summed E-state index contributed by atoms with van der Waals surface area (Å²) in [6, 6.07) is 19.0. The summed E-state index contributed by atoms with van der Waals surface area (Å²) in [5, 5.41) is 9.03. The fourth-order valence-electron chi connectivity index (χ4n) is 3.28. The smallest absolute Gasteiger partial charge is 0.345 e. The number of fused-ring (bicyclic) bond motifs is 1. The van der Waals surface area contributed by atoms with Crippen LogP contribution < -0.4 is 11.0 Å². The minimum atomic E-state index is -0.352. The lowest BCUT2D eigenvalue weighted by Crippen LogP contribution is -2.31. The molecule has 1 aromatic heterocycles. The highest BCUT2D eigenvalue weighted by molar-refractivity contribution is 6.06. The monoisotopic (exact) mass is 390 g/mol. The molecule has 1 N–H and O–H groups in total. The molecule has 0 aliphatic heterocycles. The minimum absolute atomic E-state index is 0.204. The van der Waals surface area contributed by atoms with Crippen LogP contribution >= 0.6 is 0 Å². The van der Waals surface area contributed by atoms with Crippen LogP contribution in [-0.4, -0.2) is 26.8 Å². The molecule has 146 valence electrons. The first-order valence-corrected chi connectivity index (χ1v) is 9.20. The molecule has 7 heteroatoms. The summed E-state index contributed by atoms with van der Waals surface area (Å²) in [4.78, 5) is 25.0. The normalized spacial score (nSPS) is 11.0. The molecule has 0 radical (unpaired) electrons. The minimum Gasteiger partial charge on any atom is -0.350 e. The number of hydrogen-bond acceptors (Lipinski definition) is 3. The third-order valence-electron chi connectivity index (χ3n) is 4.79. The molecule has 0 fully saturated rings. The summed E-state index contributed by atoms with van der Waals surface area (Å²) < 4.78 is 15.8. The van der Waals surface area contributed by atoms with E-state index >= 15 is 0 Å². The number of carbonyl (C=O) groups excluding carboxylic acids is 1. The molecule has 1 amide bonds. The maximum absolute atomic E-state index is 13.1. The summed E-state index contributed by atoms with van der Waals surface area (Å²) in [6.07, 6.45) is 0. The number of amides is 1. The van der Waals surface area contributed by atoms with Crippen molar-refractivity contribution in [3.8, 4) is 11.4 Å². The fraction of sp³-hybridized carbons (Fsp3) is 0.136. The molecule has 3 aromatic carbocycles. The molecule has 0 aliphatic carbocycles. The van der Waals surface area contributed by atoms with Crippen molar-refractivity contribution in [3.05, 3.63) is 88.6 Å². The molecule has 0 bridgehead atoms. The van der Waals surface area contributed by atoms with Crippen molar-refractivity contribution in [3.63, 3.8) is 0 Å². The Bertz CT molecular complexity index is 1240. The van der Waals surface area contributed by atoms with Crippen LogP contribution in [0.3, 0.4) is 0 Å². The molecule has 0 saturated carbocycles. The molecule has 0 spiro atoms. The van der Waals surface area contributed by atoms with Crippen molar-refractivity contribution in [2.24, 2.45) is 7.05 Å². The Morgan fingerprint density at radius 2 is 1.76 bits per heavy atom. The number of rotatable bonds is 5. The Balaban J connectivity index is 1.48. The number of aromatic nitrogens is 3. The zero-order valence-electron chi connectivity index (χ0n) is 15.8. The summed E-state index contributed by atoms with van der Waals surface area (Å²) in [6.45, 7) is 0.478. The first kappa shape index (κ1) is 18.6. The van der Waals surface area contributed by atoms with Gasteiger partial charge < -0.3 is 5.32 Å². The maximum atomic E-state index is 13.1. The second-order valence-corrected chi connectivity index (χ2v) is 6.68. The third-order valence-corrected chi connectivity index (χ3v) is 4.79. The van der Waals surface area contributed by atoms with E-state index in [0.717, 1.165) is 10.8 Å². The fourth-order valence-corrected chi connectivity index (χ4v) is 3.28. The summed E-state index contributed by atoms with van der Waals surface area (Å²) >= 11 is 0. The molecule has 6 nitrogen and oxygen atoms in total. The van der Waals surface area contributed by atoms with E-state index < -0.39 is 0 Å². The van der Waals surface area contributed by atoms with Gasteiger partial charge in [-0.25, -0.2) is 13.9 Å². The zero-order valence-corrected chi connectivity index (χ0v) is 15.8. The molecule has 4 aromatic rings. The first-order valence-electron chi connectivity index (χ1n) is 9.20. The van der Waals surface area contributed by atoms with Gasteiger partial charge in [0.1, 0.15) is 5.82 Å². The Labute approximate surface area is 166 Å². The molecule has 0 saturated heterocycles. The van der Waals surface area contributed by atoms with Crippen molar-refractivity contribution in [2.75, 3.05) is 6.54 Å². The van der Waals surface area contributed by atoms with Gasteiger partial charge in [0.15, 0.2) is 5.82 Å². The average Bonchev–Trinajstić information content (AvgIpc) is 3.02. The lowest BCUT2D eigenvalue weighted by Gasteiger charge is -2.08. The quantitative estimate of drug-likeness (QED) is 0.570. The Hall–Kier alpha value is -3.74. The molecule has 0 atom stereocenters. The van der Waals surface area contributed by atoms with Gasteiger partial charge in [-0.1, -0.05) is 36.4 Å². The molecule has 0 unspecified atom stereocenters. The highest BCUT2D eigenvalue weighted by atomic mass is 19.1. The Morgan fingerprint density at radius 1 is 1.03 bits per heavy atom. The Morgan fingerprint density at radius 3 is 2.55 bits per heavy atom. The van der Waals surface area contributed by atoms with Crippen molar-refractivity contribution in [1.29, 1.82) is 0 Å². The van der Waals surface area contributed by atoms with Gasteiger partial charge in [0.2, 0.25) is 0 Å². The van der Waals surface area contributed by atoms with Gasteiger partial charge in [0.25, 0.3) is 5.91 Å². The third kappa shape index (κ3) is 3.67. The van der Waals surface area contributed by atoms with Crippen molar-refractivity contribution in [1.82, 2.24) is 19.7 Å². The van der Waals surface area contributed by atoms with Crippen LogP contribution in [0.4, 0.5) is 4.39 Å². The number of carbonyl (C=O) groups is 1. The number of hydrogen-bond donors (Lipinski definition) is 1. The van der Waals surface area contributed by atoms with Crippen molar-refractivity contribution >= 4 is 16.7 Å². The van der Waals surface area contributed by atoms with Crippen LogP contribution in [0.25, 0.3) is 22.2 Å². The number of nitrogens with one attached hydrogen (secondary N) is 1. The van der Waals surface area contributed by atoms with Crippen LogP contribution in [0.5, 0.6) is 0 Å². The average molecular weight is 390 g/mol. The molecular weight excluding hydrogens is 371 g/mol. The summed E-state index contributed by atoms with van der Waals surface area (Å²) in [5.41, 5.74) is 0.928. The van der Waals surface area contributed by atoms with Gasteiger partial charge in [0.05, 0.1) is 6.54 Å².